The van der Waals surface area contributed by atoms with Gasteiger partial charge >= 0.3 is 5.69 Å². The number of ether oxygens (including phenoxy) is 1. The Kier molecular flexibility index (Phi) is 10.3. The Balaban J connectivity index is 0.00000147. The van der Waals surface area contributed by atoms with E-state index in [9.17, 15) is 15.0 Å². The van der Waals surface area contributed by atoms with Gasteiger partial charge in [0, 0.05) is 12.6 Å². The van der Waals surface area contributed by atoms with Gasteiger partial charge in [0.2, 0.25) is 0 Å². The minimum atomic E-state index is -0.409. The summed E-state index contributed by atoms with van der Waals surface area (Å²) in [7, 11) is 0. The fourth-order valence-corrected chi connectivity index (χ4v) is 6.30. The lowest BCUT2D eigenvalue weighted by atomic mass is 9.85. The molecule has 1 saturated carbocycles. The quantitative estimate of drug-likeness (QED) is 0.247. The van der Waals surface area contributed by atoms with Gasteiger partial charge in [0.1, 0.15) is 27.6 Å². The molecule has 5 aromatic rings. The van der Waals surface area contributed by atoms with Crippen LogP contribution in [-0.4, -0.2) is 30.9 Å². The molecule has 2 N–H and O–H groups in total. The third kappa shape index (κ3) is 6.00. The van der Waals surface area contributed by atoms with E-state index in [2.05, 4.69) is 9.97 Å². The molecule has 0 bridgehead atoms. The number of nitrogens with zero attached hydrogens (tertiary/aromatic N) is 3. The lowest BCUT2D eigenvalue weighted by Crippen LogP contribution is -2.24. The highest BCUT2D eigenvalue weighted by Gasteiger charge is 2.23. The van der Waals surface area contributed by atoms with Crippen molar-refractivity contribution in [2.24, 2.45) is 5.92 Å². The molecule has 1 aliphatic carbocycles. The van der Waals surface area contributed by atoms with Gasteiger partial charge in [0.25, 0.3) is 0 Å². The van der Waals surface area contributed by atoms with Crippen molar-refractivity contribution in [3.05, 3.63) is 81.4 Å². The van der Waals surface area contributed by atoms with Crippen molar-refractivity contribution < 1.29 is 14.9 Å². The molecule has 40 heavy (non-hydrogen) atoms. The highest BCUT2D eigenvalue weighted by Crippen LogP contribution is 2.32. The Bertz CT molecular complexity index is 1710. The molecule has 0 aliphatic heterocycles. The molecule has 0 amide bonds. The maximum atomic E-state index is 13.4. The van der Waals surface area contributed by atoms with Crippen LogP contribution >= 0.6 is 38.3 Å². The van der Waals surface area contributed by atoms with E-state index in [4.69, 9.17) is 4.74 Å². The summed E-state index contributed by atoms with van der Waals surface area (Å²) in [4.78, 5) is 23.1. The summed E-state index contributed by atoms with van der Waals surface area (Å²) in [5.74, 6) is 1.98. The monoisotopic (exact) mass is 597 g/mol. The number of aromatic nitrogens is 3. The molecular weight excluding hydrogens is 563 g/mol. The SMILES string of the molecule is C.Cc1cc(Oc2ccccc2)ccc1-n1c(=O)nc2c(=C(O)CC3CCC(O)CC3)sc3nccc1c32.S.S. The molecule has 10 heteroatoms. The van der Waals surface area contributed by atoms with Crippen LogP contribution in [0.1, 0.15) is 45.1 Å². The zero-order valence-electron chi connectivity index (χ0n) is 21.4. The number of aliphatic hydroxyl groups is 2. The first kappa shape index (κ1) is 31.5. The van der Waals surface area contributed by atoms with Gasteiger partial charge in [-0.3, -0.25) is 4.57 Å². The van der Waals surface area contributed by atoms with Crippen LogP contribution in [0.3, 0.4) is 0 Å². The number of para-hydroxylation sites is 1. The highest BCUT2D eigenvalue weighted by atomic mass is 32.1. The van der Waals surface area contributed by atoms with Crippen LogP contribution in [0.25, 0.3) is 32.7 Å². The number of hydrogen-bond donors (Lipinski definition) is 2. The average molecular weight is 598 g/mol. The fourth-order valence-electron chi connectivity index (χ4n) is 5.24. The Morgan fingerprint density at radius 3 is 2.48 bits per heavy atom. The molecule has 0 saturated heterocycles. The van der Waals surface area contributed by atoms with Crippen molar-refractivity contribution >= 4 is 65.3 Å². The lowest BCUT2D eigenvalue weighted by molar-refractivity contribution is 0.108. The van der Waals surface area contributed by atoms with Gasteiger partial charge in [-0.25, -0.2) is 9.78 Å². The molecule has 3 heterocycles. The number of pyridine rings is 1. The van der Waals surface area contributed by atoms with Crippen molar-refractivity contribution in [2.75, 3.05) is 0 Å². The number of thiophene rings is 1. The van der Waals surface area contributed by atoms with Crippen LogP contribution in [-0.2, 0) is 0 Å². The largest absolute Gasteiger partial charge is 0.511 e. The number of hydrogen-bond acceptors (Lipinski definition) is 7. The maximum Gasteiger partial charge on any atom is 0.353 e. The Morgan fingerprint density at radius 1 is 1.05 bits per heavy atom. The van der Waals surface area contributed by atoms with Crippen molar-refractivity contribution in [3.8, 4) is 17.2 Å². The normalized spacial score (nSPS) is 17.4. The molecule has 1 aliphatic rings. The molecule has 3 aromatic heterocycles. The van der Waals surface area contributed by atoms with E-state index >= 15 is 0 Å². The zero-order valence-corrected chi connectivity index (χ0v) is 24.2. The van der Waals surface area contributed by atoms with E-state index < -0.39 is 5.69 Å². The molecule has 1 fully saturated rings. The average Bonchev–Trinajstić information content (AvgIpc) is 3.27. The third-order valence-electron chi connectivity index (χ3n) is 7.13. The van der Waals surface area contributed by atoms with Crippen molar-refractivity contribution in [2.45, 2.75) is 52.6 Å². The van der Waals surface area contributed by atoms with Crippen molar-refractivity contribution in [3.63, 3.8) is 0 Å². The predicted molar refractivity (Wildman–Crippen MR) is 173 cm³/mol. The van der Waals surface area contributed by atoms with Crippen LogP contribution in [0.2, 0.25) is 0 Å². The standard InChI is InChI=1S/C29H27N3O4S.CH4.2H2S/c1-17-15-21(36-20-5-3-2-4-6-20)11-12-22(17)32-23-13-14-30-28-25(23)26(31-29(32)35)27(37-28)24(34)16-18-7-9-19(33)10-8-18;;;/h2-6,11-15,18-19,33-34H,7-10,16H2,1H3;1H4;2*1H2. The van der Waals surface area contributed by atoms with Gasteiger partial charge in [-0.2, -0.15) is 32.0 Å². The molecule has 6 rings (SSSR count). The second-order valence-electron chi connectivity index (χ2n) is 9.71. The first-order valence-corrected chi connectivity index (χ1v) is 13.3. The molecule has 0 radical (unpaired) electrons. The Labute approximate surface area is 251 Å². The van der Waals surface area contributed by atoms with Gasteiger partial charge < -0.3 is 14.9 Å². The summed E-state index contributed by atoms with van der Waals surface area (Å²) in [5.41, 5.74) is 2.38. The van der Waals surface area contributed by atoms with Gasteiger partial charge in [0.05, 0.1) is 27.2 Å². The Hall–Kier alpha value is -3.05. The van der Waals surface area contributed by atoms with Crippen LogP contribution in [0.5, 0.6) is 11.5 Å². The first-order valence-electron chi connectivity index (χ1n) is 12.5. The van der Waals surface area contributed by atoms with E-state index in [1.165, 1.54) is 11.3 Å². The summed E-state index contributed by atoms with van der Waals surface area (Å²) in [6, 6.07) is 17.0. The van der Waals surface area contributed by atoms with Gasteiger partial charge in [-0.15, -0.1) is 11.3 Å². The van der Waals surface area contributed by atoms with E-state index in [1.54, 1.807) is 10.8 Å². The number of rotatable bonds is 5. The summed E-state index contributed by atoms with van der Waals surface area (Å²) < 4.78 is 8.18. The maximum absolute atomic E-state index is 13.4. The molecule has 2 aromatic carbocycles. The smallest absolute Gasteiger partial charge is 0.353 e. The van der Waals surface area contributed by atoms with Crippen molar-refractivity contribution in [1.29, 1.82) is 0 Å². The van der Waals surface area contributed by atoms with E-state index in [0.29, 0.717) is 39.3 Å². The van der Waals surface area contributed by atoms with Crippen LogP contribution in [0.15, 0.2) is 65.6 Å². The van der Waals surface area contributed by atoms with Crippen molar-refractivity contribution in [1.82, 2.24) is 14.5 Å². The second kappa shape index (κ2) is 13.1. The zero-order chi connectivity index (χ0) is 25.5. The second-order valence-corrected chi connectivity index (χ2v) is 10.7. The molecular formula is C30H35N3O4S3. The number of aliphatic hydroxyl groups excluding tert-OH is 2. The summed E-state index contributed by atoms with van der Waals surface area (Å²) in [6.45, 7) is 1.94. The van der Waals surface area contributed by atoms with E-state index in [-0.39, 0.29) is 46.3 Å². The summed E-state index contributed by atoms with van der Waals surface area (Å²) in [5, 5.41) is 21.6. The summed E-state index contributed by atoms with van der Waals surface area (Å²) >= 11 is 1.37. The first-order chi connectivity index (χ1) is 18.0. The topological polar surface area (TPSA) is 97.5 Å². The number of benzene rings is 2. The van der Waals surface area contributed by atoms with Crippen LogP contribution in [0.4, 0.5) is 0 Å². The number of aryl methyl sites for hydroxylation is 1. The van der Waals surface area contributed by atoms with E-state index in [1.807, 2.05) is 61.5 Å². The summed E-state index contributed by atoms with van der Waals surface area (Å²) in [6.07, 6.45) is 5.23. The highest BCUT2D eigenvalue weighted by molar-refractivity contribution is 7.59. The molecule has 0 atom stereocenters. The van der Waals surface area contributed by atoms with Gasteiger partial charge in [-0.05, 0) is 80.5 Å². The molecule has 212 valence electrons. The minimum Gasteiger partial charge on any atom is -0.511 e. The van der Waals surface area contributed by atoms with E-state index in [0.717, 1.165) is 47.2 Å². The molecule has 7 nitrogen and oxygen atoms in total. The minimum absolute atomic E-state index is 0. The van der Waals surface area contributed by atoms with Gasteiger partial charge in [-0.1, -0.05) is 25.6 Å². The predicted octanol–water partition coefficient (Wildman–Crippen LogP) is 6.28. The Morgan fingerprint density at radius 2 is 1.77 bits per heavy atom. The van der Waals surface area contributed by atoms with Crippen LogP contribution in [0, 0.1) is 12.8 Å². The molecule has 0 spiro atoms. The lowest BCUT2D eigenvalue weighted by Gasteiger charge is -2.24. The fraction of sp³-hybridized carbons (Fsp3) is 0.300. The van der Waals surface area contributed by atoms with Gasteiger partial charge in [0.15, 0.2) is 0 Å². The third-order valence-corrected chi connectivity index (χ3v) is 8.27. The molecule has 0 unspecified atom stereocenters. The van der Waals surface area contributed by atoms with Crippen LogP contribution < -0.4 is 15.0 Å².